The summed E-state index contributed by atoms with van der Waals surface area (Å²) < 4.78 is 62.3. The molecule has 24 nitrogen and oxygen atoms in total. The molecule has 0 saturated carbocycles. The number of carbonyl (C=O) groups is 3. The first-order valence-corrected chi connectivity index (χ1v) is 24.5. The van der Waals surface area contributed by atoms with Gasteiger partial charge >= 0.3 is 23.5 Å². The number of nitrogens with one attached hydrogen (secondary N) is 2. The number of phosphoric acid groups is 3. The molecule has 1 saturated heterocycles. The second kappa shape index (κ2) is 23.3. The standard InChI is InChI=1S/C32H56N7O17P3S/c1-5-6-7-8-9-10-11-20(2)31(44)60-15-14-34-22(40)12-13-35-29(43)26(42)32(3,4)17-53-59(50,51)56-58(48,49)52-16-21-25(55-57(45,46)47)24(41)30(54-21)39-19-38-23-27(33)36-18-37-28(23)39/h18-21,24-26,30,41-42H,5-17H2,1-4H3,(H,34,40)(H,35,43)(H,48,49)(H,50,51)(H2,33,36,37)(H2,45,46,47)/t20-,21-,24+,25+,26-,30+/m0/s1. The molecule has 2 aromatic rings. The molecule has 2 amide bonds. The van der Waals surface area contributed by atoms with E-state index in [1.54, 1.807) is 0 Å². The van der Waals surface area contributed by atoms with E-state index in [1.165, 1.54) is 39.5 Å². The molecule has 342 valence electrons. The zero-order chi connectivity index (χ0) is 44.9. The molecule has 3 rings (SSSR count). The Hall–Kier alpha value is -2.44. The number of fused-ring (bicyclic) bond motifs is 1. The number of thioether (sulfide) groups is 1. The molecule has 0 bridgehead atoms. The highest BCUT2D eigenvalue weighted by Crippen LogP contribution is 2.61. The number of hydrogen-bond acceptors (Lipinski definition) is 18. The van der Waals surface area contributed by atoms with Crippen LogP contribution < -0.4 is 16.4 Å². The zero-order valence-corrected chi connectivity index (χ0v) is 37.1. The Morgan fingerprint density at radius 1 is 1.00 bits per heavy atom. The van der Waals surface area contributed by atoms with Gasteiger partial charge in [0.25, 0.3) is 0 Å². The van der Waals surface area contributed by atoms with Crippen LogP contribution in [-0.2, 0) is 50.7 Å². The topological polar surface area (TPSA) is 364 Å². The molecule has 8 atom stereocenters. The molecule has 28 heteroatoms. The monoisotopic (exact) mass is 935 g/mol. The summed E-state index contributed by atoms with van der Waals surface area (Å²) in [6, 6.07) is 0. The molecule has 0 radical (unpaired) electrons. The summed E-state index contributed by atoms with van der Waals surface area (Å²) >= 11 is 1.15. The second-order valence-corrected chi connectivity index (χ2v) is 20.0. The van der Waals surface area contributed by atoms with Crippen molar-refractivity contribution in [1.82, 2.24) is 30.2 Å². The van der Waals surface area contributed by atoms with E-state index in [0.717, 1.165) is 48.2 Å². The lowest BCUT2D eigenvalue weighted by atomic mass is 9.87. The van der Waals surface area contributed by atoms with Crippen molar-refractivity contribution >= 4 is 69.1 Å². The van der Waals surface area contributed by atoms with Gasteiger partial charge in [-0.25, -0.2) is 28.6 Å². The largest absolute Gasteiger partial charge is 0.481 e. The highest BCUT2D eigenvalue weighted by molar-refractivity contribution is 8.13. The van der Waals surface area contributed by atoms with Crippen LogP contribution in [0.15, 0.2) is 12.7 Å². The summed E-state index contributed by atoms with van der Waals surface area (Å²) in [6.07, 6.45) is 0.805. The minimum absolute atomic E-state index is 0.0327. The maximum atomic E-state index is 12.7. The summed E-state index contributed by atoms with van der Waals surface area (Å²) in [5.74, 6) is -1.12. The number of nitrogens with zero attached hydrogens (tertiary/aromatic N) is 4. The number of ether oxygens (including phenoxy) is 1. The van der Waals surface area contributed by atoms with Gasteiger partial charge in [0.05, 0.1) is 19.5 Å². The van der Waals surface area contributed by atoms with Crippen molar-refractivity contribution in [3.8, 4) is 0 Å². The Labute approximate surface area is 350 Å². The van der Waals surface area contributed by atoms with E-state index in [9.17, 15) is 57.9 Å². The highest BCUT2D eigenvalue weighted by Gasteiger charge is 2.50. The Kier molecular flexibility index (Phi) is 20.2. The molecule has 2 unspecified atom stereocenters. The lowest BCUT2D eigenvalue weighted by Gasteiger charge is -2.30. The van der Waals surface area contributed by atoms with Crippen molar-refractivity contribution in [3.05, 3.63) is 12.7 Å². The number of nitrogens with two attached hydrogens (primary N) is 1. The molecule has 1 aliphatic heterocycles. The molecule has 60 heavy (non-hydrogen) atoms. The van der Waals surface area contributed by atoms with E-state index in [0.29, 0.717) is 5.75 Å². The Balaban J connectivity index is 1.42. The van der Waals surface area contributed by atoms with E-state index < -0.39 is 84.6 Å². The van der Waals surface area contributed by atoms with Gasteiger partial charge in [0.1, 0.15) is 36.3 Å². The predicted octanol–water partition coefficient (Wildman–Crippen LogP) is 2.05. The van der Waals surface area contributed by atoms with E-state index in [4.69, 9.17) is 19.5 Å². The van der Waals surface area contributed by atoms with Crippen LogP contribution in [0.1, 0.15) is 85.3 Å². The fraction of sp³-hybridized carbons (Fsp3) is 0.750. The molecule has 10 N–H and O–H groups in total. The van der Waals surface area contributed by atoms with Gasteiger partial charge in [-0.2, -0.15) is 4.31 Å². The number of imidazole rings is 1. The second-order valence-electron chi connectivity index (χ2n) is 14.7. The van der Waals surface area contributed by atoms with Gasteiger partial charge < -0.3 is 50.9 Å². The highest BCUT2D eigenvalue weighted by atomic mass is 32.2. The van der Waals surface area contributed by atoms with Gasteiger partial charge in [-0.15, -0.1) is 0 Å². The van der Waals surface area contributed by atoms with Crippen LogP contribution in [0.3, 0.4) is 0 Å². The fourth-order valence-electron chi connectivity index (χ4n) is 5.77. The molecule has 1 aliphatic rings. The summed E-state index contributed by atoms with van der Waals surface area (Å²) in [7, 11) is -16.4. The lowest BCUT2D eigenvalue weighted by molar-refractivity contribution is -0.137. The van der Waals surface area contributed by atoms with Gasteiger partial charge in [-0.1, -0.05) is 78.0 Å². The normalized spacial score (nSPS) is 21.6. The molecule has 0 aliphatic carbocycles. The maximum absolute atomic E-state index is 12.7. The predicted molar refractivity (Wildman–Crippen MR) is 214 cm³/mol. The maximum Gasteiger partial charge on any atom is 0.481 e. The van der Waals surface area contributed by atoms with Gasteiger partial charge in [0.2, 0.25) is 11.8 Å². The van der Waals surface area contributed by atoms with Gasteiger partial charge in [-0.3, -0.25) is 32.5 Å². The minimum atomic E-state index is -5.57. The number of hydrogen-bond donors (Lipinski definition) is 9. The number of anilines is 1. The van der Waals surface area contributed by atoms with Crippen LogP contribution >= 0.6 is 35.2 Å². The van der Waals surface area contributed by atoms with Crippen LogP contribution in [0.4, 0.5) is 5.82 Å². The number of carbonyl (C=O) groups excluding carboxylic acids is 3. The number of aromatic nitrogens is 4. The van der Waals surface area contributed by atoms with Crippen LogP contribution in [0.5, 0.6) is 0 Å². The Morgan fingerprint density at radius 2 is 1.67 bits per heavy atom. The van der Waals surface area contributed by atoms with Crippen LogP contribution in [-0.4, -0.2) is 123 Å². The first-order chi connectivity index (χ1) is 28.0. The van der Waals surface area contributed by atoms with Gasteiger partial charge in [0, 0.05) is 36.6 Å². The third-order valence-corrected chi connectivity index (χ3v) is 13.3. The number of unbranched alkanes of at least 4 members (excludes halogenated alkanes) is 5. The summed E-state index contributed by atoms with van der Waals surface area (Å²) in [6.45, 7) is 4.62. The molecule has 0 spiro atoms. The van der Waals surface area contributed by atoms with Crippen LogP contribution in [0.2, 0.25) is 0 Å². The number of rotatable bonds is 27. The van der Waals surface area contributed by atoms with E-state index in [-0.39, 0.29) is 47.5 Å². The van der Waals surface area contributed by atoms with Crippen molar-refractivity contribution in [2.75, 3.05) is 37.8 Å². The number of aliphatic hydroxyl groups is 2. The van der Waals surface area contributed by atoms with Gasteiger partial charge in [0.15, 0.2) is 22.8 Å². The van der Waals surface area contributed by atoms with E-state index in [1.807, 2.05) is 6.92 Å². The average Bonchev–Trinajstić information content (AvgIpc) is 3.72. The van der Waals surface area contributed by atoms with Crippen molar-refractivity contribution in [2.24, 2.45) is 11.3 Å². The third-order valence-electron chi connectivity index (χ3n) is 9.14. The Bertz CT molecular complexity index is 1890. The number of phosphoric ester groups is 3. The molecule has 1 fully saturated rings. The van der Waals surface area contributed by atoms with Crippen molar-refractivity contribution in [3.63, 3.8) is 0 Å². The minimum Gasteiger partial charge on any atom is -0.386 e. The third kappa shape index (κ3) is 16.7. The summed E-state index contributed by atoms with van der Waals surface area (Å²) in [4.78, 5) is 88.3. The van der Waals surface area contributed by atoms with Crippen molar-refractivity contribution < 1.29 is 80.5 Å². The first-order valence-electron chi connectivity index (χ1n) is 19.0. The van der Waals surface area contributed by atoms with Crippen LogP contribution in [0.25, 0.3) is 11.2 Å². The van der Waals surface area contributed by atoms with Crippen molar-refractivity contribution in [2.45, 2.75) is 110 Å². The SMILES string of the molecule is CCCCCCCC[C@H](C)C(=O)SCCNC(=O)CCNC(=O)[C@H](O)C(C)(C)COP(=O)(O)OP(=O)(O)OC[C@@H]1O[C@@H](n2cnc3c(N)ncnc32)[C@H](O)[C@@H]1OP(=O)(O)O. The number of aliphatic hydroxyl groups excluding tert-OH is 2. The first kappa shape index (κ1) is 51.9. The molecule has 0 aromatic carbocycles. The molecule has 3 heterocycles. The average molecular weight is 936 g/mol. The Morgan fingerprint density at radius 3 is 2.35 bits per heavy atom. The summed E-state index contributed by atoms with van der Waals surface area (Å²) in [5, 5.41) is 26.6. The lowest BCUT2D eigenvalue weighted by Crippen LogP contribution is -2.46. The van der Waals surface area contributed by atoms with Gasteiger partial charge in [-0.05, 0) is 6.42 Å². The quantitative estimate of drug-likeness (QED) is 0.0457. The van der Waals surface area contributed by atoms with Crippen LogP contribution in [0, 0.1) is 11.3 Å². The number of amides is 2. The fourth-order valence-corrected chi connectivity index (χ4v) is 9.41. The molecular formula is C32H56N7O17P3S. The summed E-state index contributed by atoms with van der Waals surface area (Å²) in [5.41, 5.74) is 4.28. The van der Waals surface area contributed by atoms with E-state index in [2.05, 4.69) is 41.3 Å². The molecule has 2 aromatic heterocycles. The molecular weight excluding hydrogens is 879 g/mol. The number of nitrogen functional groups attached to an aromatic ring is 1. The van der Waals surface area contributed by atoms with Crippen molar-refractivity contribution in [1.29, 1.82) is 0 Å². The smallest absolute Gasteiger partial charge is 0.386 e. The van der Waals surface area contributed by atoms with E-state index >= 15 is 0 Å². The zero-order valence-electron chi connectivity index (χ0n) is 33.6.